The molecule has 1 aromatic rings. The topological polar surface area (TPSA) is 29.5 Å². The van der Waals surface area contributed by atoms with Gasteiger partial charge in [-0.2, -0.15) is 11.8 Å². The molecule has 4 heteroatoms. The lowest BCUT2D eigenvalue weighted by atomic mass is 10.1. The van der Waals surface area contributed by atoms with E-state index in [4.69, 9.17) is 4.74 Å². The van der Waals surface area contributed by atoms with Crippen LogP contribution in [0.1, 0.15) is 29.3 Å². The van der Waals surface area contributed by atoms with E-state index in [1.807, 2.05) is 12.1 Å². The van der Waals surface area contributed by atoms with Crippen molar-refractivity contribution in [3.63, 3.8) is 0 Å². The zero-order valence-electron chi connectivity index (χ0n) is 11.6. The van der Waals surface area contributed by atoms with Crippen LogP contribution >= 0.6 is 11.8 Å². The van der Waals surface area contributed by atoms with Gasteiger partial charge in [0.25, 0.3) is 0 Å². The lowest BCUT2D eigenvalue weighted by molar-refractivity contribution is 0.112. The minimum atomic E-state index is 0.717. The monoisotopic (exact) mass is 279 g/mol. The molecule has 1 heterocycles. The highest BCUT2D eigenvalue weighted by molar-refractivity contribution is 8.00. The first-order valence-corrected chi connectivity index (χ1v) is 7.77. The summed E-state index contributed by atoms with van der Waals surface area (Å²) in [4.78, 5) is 13.3. The third-order valence-corrected chi connectivity index (χ3v) is 4.88. The third-order valence-electron chi connectivity index (χ3n) is 3.51. The molecule has 1 unspecified atom stereocenters. The van der Waals surface area contributed by atoms with Gasteiger partial charge < -0.3 is 4.74 Å². The highest BCUT2D eigenvalue weighted by Gasteiger charge is 2.20. The summed E-state index contributed by atoms with van der Waals surface area (Å²) < 4.78 is 5.39. The maximum Gasteiger partial charge on any atom is 0.150 e. The standard InChI is InChI=1S/C15H21NO2S/c1-3-14-10-16(6-7-19-14)9-13-8-12(11-17)4-5-15(13)18-2/h4-5,8,11,14H,3,6-7,9-10H2,1-2H3. The van der Waals surface area contributed by atoms with Crippen LogP contribution in [-0.2, 0) is 6.54 Å². The Kier molecular flexibility index (Phi) is 5.28. The summed E-state index contributed by atoms with van der Waals surface area (Å²) in [6.07, 6.45) is 2.11. The lowest BCUT2D eigenvalue weighted by Gasteiger charge is -2.32. The van der Waals surface area contributed by atoms with Gasteiger partial charge in [-0.05, 0) is 24.6 Å². The van der Waals surface area contributed by atoms with Gasteiger partial charge in [-0.15, -0.1) is 0 Å². The molecule has 1 aliphatic rings. The molecule has 0 N–H and O–H groups in total. The van der Waals surface area contributed by atoms with Gasteiger partial charge in [-0.3, -0.25) is 9.69 Å². The summed E-state index contributed by atoms with van der Waals surface area (Å²) in [7, 11) is 1.68. The van der Waals surface area contributed by atoms with Gasteiger partial charge in [-0.1, -0.05) is 6.92 Å². The Bertz CT molecular complexity index is 436. The highest BCUT2D eigenvalue weighted by Crippen LogP contribution is 2.25. The number of hydrogen-bond acceptors (Lipinski definition) is 4. The molecule has 0 radical (unpaired) electrons. The lowest BCUT2D eigenvalue weighted by Crippen LogP contribution is -2.37. The molecule has 1 fully saturated rings. The Morgan fingerprint density at radius 2 is 2.37 bits per heavy atom. The van der Waals surface area contributed by atoms with Crippen molar-refractivity contribution in [2.45, 2.75) is 25.1 Å². The van der Waals surface area contributed by atoms with Crippen LogP contribution in [0.25, 0.3) is 0 Å². The van der Waals surface area contributed by atoms with Gasteiger partial charge in [0.1, 0.15) is 12.0 Å². The smallest absolute Gasteiger partial charge is 0.150 e. The fourth-order valence-corrected chi connectivity index (χ4v) is 3.66. The first-order valence-electron chi connectivity index (χ1n) is 6.73. The van der Waals surface area contributed by atoms with E-state index in [-0.39, 0.29) is 0 Å². The summed E-state index contributed by atoms with van der Waals surface area (Å²) in [5, 5.41) is 0.731. The van der Waals surface area contributed by atoms with Crippen LogP contribution in [0.5, 0.6) is 5.75 Å². The molecular formula is C15H21NO2S. The molecule has 2 rings (SSSR count). The van der Waals surface area contributed by atoms with Crippen molar-refractivity contribution in [1.29, 1.82) is 0 Å². The average Bonchev–Trinajstić information content (AvgIpc) is 2.47. The number of rotatable bonds is 5. The maximum atomic E-state index is 10.9. The molecule has 0 amide bonds. The number of methoxy groups -OCH3 is 1. The van der Waals surface area contributed by atoms with Gasteiger partial charge in [0.05, 0.1) is 7.11 Å². The van der Waals surface area contributed by atoms with E-state index >= 15 is 0 Å². The second-order valence-corrected chi connectivity index (χ2v) is 6.23. The predicted octanol–water partition coefficient (Wildman–Crippen LogP) is 2.84. The van der Waals surface area contributed by atoms with E-state index in [0.29, 0.717) is 5.56 Å². The molecule has 0 spiro atoms. The highest BCUT2D eigenvalue weighted by atomic mass is 32.2. The number of benzene rings is 1. The Balaban J connectivity index is 2.10. The van der Waals surface area contributed by atoms with Crippen molar-refractivity contribution in [2.24, 2.45) is 0 Å². The molecule has 104 valence electrons. The maximum absolute atomic E-state index is 10.9. The van der Waals surface area contributed by atoms with Gasteiger partial charge in [0.15, 0.2) is 0 Å². The van der Waals surface area contributed by atoms with Crippen LogP contribution < -0.4 is 4.74 Å². The summed E-state index contributed by atoms with van der Waals surface area (Å²) in [5.41, 5.74) is 1.82. The van der Waals surface area contributed by atoms with Gasteiger partial charge >= 0.3 is 0 Å². The summed E-state index contributed by atoms with van der Waals surface area (Å²) in [6, 6.07) is 5.62. The first kappa shape index (κ1) is 14.4. The Hall–Kier alpha value is -1.000. The van der Waals surface area contributed by atoms with Crippen LogP contribution in [0.15, 0.2) is 18.2 Å². The molecule has 1 atom stereocenters. The first-order chi connectivity index (χ1) is 9.26. The van der Waals surface area contributed by atoms with Crippen molar-refractivity contribution in [3.8, 4) is 5.75 Å². The van der Waals surface area contributed by atoms with Gasteiger partial charge in [-0.25, -0.2) is 0 Å². The summed E-state index contributed by atoms with van der Waals surface area (Å²) in [5.74, 6) is 2.06. The van der Waals surface area contributed by atoms with Crippen LogP contribution in [0.3, 0.4) is 0 Å². The molecule has 1 saturated heterocycles. The number of nitrogens with zero attached hydrogens (tertiary/aromatic N) is 1. The van der Waals surface area contributed by atoms with E-state index in [9.17, 15) is 4.79 Å². The predicted molar refractivity (Wildman–Crippen MR) is 80.2 cm³/mol. The van der Waals surface area contributed by atoms with Gasteiger partial charge in [0.2, 0.25) is 0 Å². The summed E-state index contributed by atoms with van der Waals surface area (Å²) in [6.45, 7) is 5.34. The average molecular weight is 279 g/mol. The quantitative estimate of drug-likeness (QED) is 0.775. The number of ether oxygens (including phenoxy) is 1. The molecule has 3 nitrogen and oxygen atoms in total. The van der Waals surface area contributed by atoms with Crippen molar-refractivity contribution in [1.82, 2.24) is 4.90 Å². The van der Waals surface area contributed by atoms with E-state index in [1.54, 1.807) is 13.2 Å². The van der Waals surface area contributed by atoms with Crippen molar-refractivity contribution >= 4 is 18.0 Å². The number of carbonyl (C=O) groups is 1. The fourth-order valence-electron chi connectivity index (χ4n) is 2.41. The second-order valence-electron chi connectivity index (χ2n) is 4.83. The molecule has 1 aromatic carbocycles. The molecule has 19 heavy (non-hydrogen) atoms. The largest absolute Gasteiger partial charge is 0.496 e. The zero-order valence-corrected chi connectivity index (χ0v) is 12.4. The van der Waals surface area contributed by atoms with Crippen molar-refractivity contribution in [2.75, 3.05) is 26.0 Å². The number of aldehydes is 1. The van der Waals surface area contributed by atoms with Crippen LogP contribution in [0.4, 0.5) is 0 Å². The molecule has 0 aliphatic carbocycles. The Morgan fingerprint density at radius 3 is 3.05 bits per heavy atom. The summed E-state index contributed by atoms with van der Waals surface area (Å²) >= 11 is 2.07. The zero-order chi connectivity index (χ0) is 13.7. The number of hydrogen-bond donors (Lipinski definition) is 0. The van der Waals surface area contributed by atoms with Crippen LogP contribution in [0.2, 0.25) is 0 Å². The normalized spacial score (nSPS) is 20.2. The van der Waals surface area contributed by atoms with E-state index < -0.39 is 0 Å². The molecular weight excluding hydrogens is 258 g/mol. The molecule has 0 saturated carbocycles. The fraction of sp³-hybridized carbons (Fsp3) is 0.533. The second kappa shape index (κ2) is 6.96. The van der Waals surface area contributed by atoms with E-state index in [1.165, 1.54) is 12.2 Å². The van der Waals surface area contributed by atoms with Crippen molar-refractivity contribution < 1.29 is 9.53 Å². The minimum absolute atomic E-state index is 0.717. The molecule has 0 aromatic heterocycles. The minimum Gasteiger partial charge on any atom is -0.496 e. The SMILES string of the molecule is CCC1CN(Cc2cc(C=O)ccc2OC)CCS1. The molecule has 0 bridgehead atoms. The Labute approximate surface area is 119 Å². The van der Waals surface area contributed by atoms with Crippen LogP contribution in [0, 0.1) is 0 Å². The van der Waals surface area contributed by atoms with E-state index in [2.05, 4.69) is 23.6 Å². The van der Waals surface area contributed by atoms with Crippen LogP contribution in [-0.4, -0.2) is 42.4 Å². The number of carbonyl (C=O) groups excluding carboxylic acids is 1. The van der Waals surface area contributed by atoms with Gasteiger partial charge in [0, 0.05) is 41.8 Å². The number of thioether (sulfide) groups is 1. The van der Waals surface area contributed by atoms with Crippen molar-refractivity contribution in [3.05, 3.63) is 29.3 Å². The molecule has 1 aliphatic heterocycles. The van der Waals surface area contributed by atoms with E-state index in [0.717, 1.165) is 42.5 Å². The third kappa shape index (κ3) is 3.74. The Morgan fingerprint density at radius 1 is 1.53 bits per heavy atom.